The zero-order chi connectivity index (χ0) is 28.0. The maximum absolute atomic E-state index is 5.66. The molecule has 1 aliphatic rings. The van der Waals surface area contributed by atoms with E-state index in [0.717, 1.165) is 4.50 Å². The molecule has 1 aliphatic heterocycles. The van der Waals surface area contributed by atoms with E-state index in [-0.39, 0.29) is 0 Å². The zero-order valence-corrected chi connectivity index (χ0v) is 27.5. The van der Waals surface area contributed by atoms with E-state index in [9.17, 15) is 0 Å². The molecule has 0 aliphatic carbocycles. The fourth-order valence-electron chi connectivity index (χ4n) is 4.81. The third-order valence-corrected chi connectivity index (χ3v) is 16.3. The van der Waals surface area contributed by atoms with Crippen molar-refractivity contribution in [3.8, 4) is 39.7 Å². The lowest BCUT2D eigenvalue weighted by Gasteiger charge is -2.22. The van der Waals surface area contributed by atoms with Crippen LogP contribution in [-0.4, -0.2) is 30.1 Å². The maximum atomic E-state index is 5.66. The summed E-state index contributed by atoms with van der Waals surface area (Å²) in [6.07, 6.45) is 0. The van der Waals surface area contributed by atoms with Crippen LogP contribution in [0.1, 0.15) is 0 Å². The van der Waals surface area contributed by atoms with Gasteiger partial charge in [-0.25, -0.2) is 0 Å². The Morgan fingerprint density at radius 3 is 1.66 bits per heavy atom. The highest BCUT2D eigenvalue weighted by atomic mass is 32.2. The zero-order valence-electron chi connectivity index (χ0n) is 22.4. The van der Waals surface area contributed by atoms with Gasteiger partial charge < -0.3 is 18.6 Å². The highest BCUT2D eigenvalue weighted by Gasteiger charge is 2.42. The summed E-state index contributed by atoms with van der Waals surface area (Å²) in [4.78, 5) is 11.4. The summed E-state index contributed by atoms with van der Waals surface area (Å²) in [6, 6.07) is 32.8. The number of hydrogen-bond acceptors (Lipinski definition) is 9. The Balaban J connectivity index is 1.10. The second kappa shape index (κ2) is 11.3. The second-order valence-electron chi connectivity index (χ2n) is 9.26. The molecule has 4 aromatic heterocycles. The molecule has 0 unspecified atom stereocenters. The molecule has 0 atom stereocenters. The van der Waals surface area contributed by atoms with Crippen LogP contribution in [0.4, 0.5) is 11.4 Å². The fraction of sp³-hybridized carbons (Fsp3) is 0.0968. The van der Waals surface area contributed by atoms with Crippen LogP contribution in [-0.2, 0) is 13.3 Å². The van der Waals surface area contributed by atoms with Crippen molar-refractivity contribution in [3.63, 3.8) is 0 Å². The standard InChI is InChI=1S/C31H25NO3S5Si/c1-33-41(34-2,35-3)31-17-16-30(40-31)29-15-14-28(39-29)27-13-12-26(38-27)25-11-10-22(36-25)19-8-9-24-21(18-19)32-20-6-4-5-7-23(20)37-24/h4-18,32H,1-3H3. The van der Waals surface area contributed by atoms with Crippen molar-refractivity contribution in [2.45, 2.75) is 9.79 Å². The Morgan fingerprint density at radius 1 is 0.512 bits per heavy atom. The molecule has 0 bridgehead atoms. The lowest BCUT2D eigenvalue weighted by molar-refractivity contribution is 0.141. The molecule has 0 spiro atoms. The van der Waals surface area contributed by atoms with E-state index in [1.165, 1.54) is 60.9 Å². The minimum absolute atomic E-state index is 1.01. The van der Waals surface area contributed by atoms with Gasteiger partial charge in [0.2, 0.25) is 0 Å². The van der Waals surface area contributed by atoms with Crippen LogP contribution in [0.3, 0.4) is 0 Å². The van der Waals surface area contributed by atoms with Gasteiger partial charge in [-0.15, -0.1) is 45.3 Å². The summed E-state index contributed by atoms with van der Waals surface area (Å²) in [5.74, 6) is 0. The van der Waals surface area contributed by atoms with Gasteiger partial charge in [-0.1, -0.05) is 30.0 Å². The molecule has 4 nitrogen and oxygen atoms in total. The molecule has 2 aromatic carbocycles. The van der Waals surface area contributed by atoms with Crippen LogP contribution in [0, 0.1) is 0 Å². The number of nitrogens with one attached hydrogen (secondary N) is 1. The monoisotopic (exact) mass is 647 g/mol. The molecule has 10 heteroatoms. The van der Waals surface area contributed by atoms with Crippen molar-refractivity contribution in [2.75, 3.05) is 26.6 Å². The number of fused-ring (bicyclic) bond motifs is 2. The van der Waals surface area contributed by atoms with Crippen molar-refractivity contribution in [1.82, 2.24) is 0 Å². The predicted octanol–water partition coefficient (Wildman–Crippen LogP) is 9.89. The SMILES string of the molecule is CO[Si](OC)(OC)c1ccc(-c2ccc(-c3ccc(-c4ccc(-c5ccc6c(c5)Nc5ccccc5S6)s4)s3)s2)s1. The highest BCUT2D eigenvalue weighted by molar-refractivity contribution is 7.99. The molecule has 206 valence electrons. The van der Waals surface area contributed by atoms with E-state index in [1.807, 2.05) is 45.8 Å². The quantitative estimate of drug-likeness (QED) is 0.166. The summed E-state index contributed by atoms with van der Waals surface area (Å²) < 4.78 is 18.0. The van der Waals surface area contributed by atoms with Crippen molar-refractivity contribution >= 4 is 81.8 Å². The molecule has 5 heterocycles. The van der Waals surface area contributed by atoms with Crippen molar-refractivity contribution in [1.29, 1.82) is 0 Å². The first-order valence-corrected chi connectivity index (χ1v) is 18.6. The van der Waals surface area contributed by atoms with Crippen molar-refractivity contribution < 1.29 is 13.3 Å². The summed E-state index contributed by atoms with van der Waals surface area (Å²) in [7, 11) is 2.12. The van der Waals surface area contributed by atoms with Crippen LogP contribution in [0.25, 0.3) is 39.7 Å². The normalized spacial score (nSPS) is 12.7. The average molecular weight is 648 g/mol. The average Bonchev–Trinajstić information content (AvgIpc) is 3.83. The van der Waals surface area contributed by atoms with Gasteiger partial charge in [0.25, 0.3) is 0 Å². The lowest BCUT2D eigenvalue weighted by Crippen LogP contribution is -2.53. The van der Waals surface area contributed by atoms with E-state index >= 15 is 0 Å². The molecule has 0 amide bonds. The summed E-state index contributed by atoms with van der Waals surface area (Å²) in [6.45, 7) is 0. The first-order valence-electron chi connectivity index (χ1n) is 12.8. The third kappa shape index (κ3) is 5.07. The minimum atomic E-state index is -2.82. The summed E-state index contributed by atoms with van der Waals surface area (Å²) >= 11 is 9.01. The van der Waals surface area contributed by atoms with Gasteiger partial charge >= 0.3 is 8.80 Å². The molecular formula is C31H25NO3S5Si. The third-order valence-electron chi connectivity index (χ3n) is 6.90. The number of thiophene rings is 4. The van der Waals surface area contributed by atoms with Crippen LogP contribution >= 0.6 is 57.1 Å². The van der Waals surface area contributed by atoms with Crippen molar-refractivity contribution in [3.05, 3.63) is 91.0 Å². The largest absolute Gasteiger partial charge is 0.546 e. The molecule has 0 saturated heterocycles. The van der Waals surface area contributed by atoms with E-state index < -0.39 is 8.80 Å². The van der Waals surface area contributed by atoms with Gasteiger partial charge in [-0.2, -0.15) is 0 Å². The summed E-state index contributed by atoms with van der Waals surface area (Å²) in [5, 5.41) is 3.61. The number of para-hydroxylation sites is 1. The van der Waals surface area contributed by atoms with E-state index in [1.54, 1.807) is 32.7 Å². The molecule has 0 radical (unpaired) electrons. The molecule has 0 fully saturated rings. The van der Waals surface area contributed by atoms with Gasteiger partial charge in [0, 0.05) is 65.3 Å². The lowest BCUT2D eigenvalue weighted by atomic mass is 10.1. The predicted molar refractivity (Wildman–Crippen MR) is 180 cm³/mol. The Hall–Kier alpha value is -2.51. The Labute approximate surface area is 260 Å². The van der Waals surface area contributed by atoms with E-state index in [4.69, 9.17) is 13.3 Å². The van der Waals surface area contributed by atoms with E-state index in [2.05, 4.69) is 96.3 Å². The van der Waals surface area contributed by atoms with Gasteiger partial charge in [0.15, 0.2) is 0 Å². The van der Waals surface area contributed by atoms with Crippen molar-refractivity contribution in [2.24, 2.45) is 0 Å². The molecule has 41 heavy (non-hydrogen) atoms. The number of rotatable bonds is 8. The first kappa shape index (κ1) is 27.3. The summed E-state index contributed by atoms with van der Waals surface area (Å²) in [5.41, 5.74) is 3.59. The number of hydrogen-bond donors (Lipinski definition) is 1. The number of anilines is 2. The Kier molecular flexibility index (Phi) is 7.52. The molecule has 7 rings (SSSR count). The van der Waals surface area contributed by atoms with Crippen LogP contribution < -0.4 is 9.82 Å². The Morgan fingerprint density at radius 2 is 1.02 bits per heavy atom. The van der Waals surface area contributed by atoms with Gasteiger partial charge in [0.05, 0.1) is 15.9 Å². The topological polar surface area (TPSA) is 39.7 Å². The molecule has 0 saturated carbocycles. The minimum Gasteiger partial charge on any atom is -0.373 e. The Bertz CT molecular complexity index is 1840. The van der Waals surface area contributed by atoms with E-state index in [0.29, 0.717) is 0 Å². The smallest absolute Gasteiger partial charge is 0.373 e. The molecule has 1 N–H and O–H groups in total. The van der Waals surface area contributed by atoms with Crippen LogP contribution in [0.5, 0.6) is 0 Å². The molecule has 6 aromatic rings. The van der Waals surface area contributed by atoms with Gasteiger partial charge in [-0.05, 0) is 78.4 Å². The highest BCUT2D eigenvalue weighted by Crippen LogP contribution is 2.47. The first-order chi connectivity index (χ1) is 20.1. The van der Waals surface area contributed by atoms with Crippen LogP contribution in [0.2, 0.25) is 0 Å². The van der Waals surface area contributed by atoms with Gasteiger partial charge in [-0.3, -0.25) is 0 Å². The fourth-order valence-corrected chi connectivity index (χ4v) is 12.8. The van der Waals surface area contributed by atoms with Gasteiger partial charge in [0.1, 0.15) is 0 Å². The van der Waals surface area contributed by atoms with Crippen LogP contribution in [0.15, 0.2) is 101 Å². The maximum Gasteiger partial charge on any atom is 0.546 e. The second-order valence-corrected chi connectivity index (χ2v) is 17.9. The number of benzene rings is 2. The molecular weight excluding hydrogens is 623 g/mol.